The smallest absolute Gasteiger partial charge is 0.405 e. The lowest BCUT2D eigenvalue weighted by molar-refractivity contribution is -0.120. The van der Waals surface area contributed by atoms with Crippen molar-refractivity contribution in [1.29, 1.82) is 0 Å². The summed E-state index contributed by atoms with van der Waals surface area (Å²) in [6.07, 6.45) is 1.28. The number of hydrogen-bond acceptors (Lipinski definition) is 6. The standard InChI is InChI=1S/C32H42F2N4O6S/c1-19-15-22(16-20(2)44-19)29(21-8-10-23(33)11-9-21)30(37-32(40)41)31(39)36-28-7-3-6-27(34)26(28)13-12-25-17-35-24-5-4-14-45(42,43)38(25)18-24/h3,6-11,19-20,22,24-25,29-30,35,37H,4-5,12-18H2,1-2H3,(H,36,39)(H,40,41)/t19-,20-,24-,25+,29?,30?/m1/s1. The lowest BCUT2D eigenvalue weighted by Crippen LogP contribution is -2.57. The van der Waals surface area contributed by atoms with Crippen molar-refractivity contribution in [3.8, 4) is 0 Å². The lowest BCUT2D eigenvalue weighted by atomic mass is 9.74. The van der Waals surface area contributed by atoms with Crippen molar-refractivity contribution >= 4 is 27.7 Å². The number of ether oxygens (including phenoxy) is 1. The van der Waals surface area contributed by atoms with Crippen LogP contribution in [0.4, 0.5) is 19.3 Å². The molecule has 3 saturated heterocycles. The van der Waals surface area contributed by atoms with Gasteiger partial charge < -0.3 is 25.8 Å². The van der Waals surface area contributed by atoms with Crippen molar-refractivity contribution in [2.45, 2.75) is 88.6 Å². The van der Waals surface area contributed by atoms with E-state index in [0.717, 1.165) is 6.42 Å². The van der Waals surface area contributed by atoms with Crippen LogP contribution in [0.3, 0.4) is 0 Å². The summed E-state index contributed by atoms with van der Waals surface area (Å²) in [6.45, 7) is 4.67. The predicted molar refractivity (Wildman–Crippen MR) is 165 cm³/mol. The predicted octanol–water partition coefficient (Wildman–Crippen LogP) is 4.23. The van der Waals surface area contributed by atoms with Crippen molar-refractivity contribution < 1.29 is 36.6 Å². The number of anilines is 1. The molecule has 2 aromatic rings. The Morgan fingerprint density at radius 2 is 1.82 bits per heavy atom. The SMILES string of the molecule is C[C@@H]1CC(C(c2ccc(F)cc2)C(NC(=O)O)C(=O)Nc2cccc(F)c2CC[C@H]2CN[C@@H]3CCCS(=O)(=O)N2C3)C[C@@H](C)O1. The van der Waals surface area contributed by atoms with Crippen LogP contribution in [0.2, 0.25) is 0 Å². The minimum absolute atomic E-state index is 0.0839. The Hall–Kier alpha value is -3.13. The molecule has 0 spiro atoms. The molecule has 0 aromatic heterocycles. The Morgan fingerprint density at radius 1 is 1.11 bits per heavy atom. The maximum Gasteiger partial charge on any atom is 0.405 e. The average Bonchev–Trinajstić information content (AvgIpc) is 3.08. The van der Waals surface area contributed by atoms with Gasteiger partial charge in [-0.05, 0) is 88.1 Å². The second kappa shape index (κ2) is 14.1. The van der Waals surface area contributed by atoms with Crippen LogP contribution in [0.15, 0.2) is 42.5 Å². The zero-order valence-corrected chi connectivity index (χ0v) is 26.4. The lowest BCUT2D eigenvalue weighted by Gasteiger charge is -2.40. The molecule has 7 atom stereocenters. The average molecular weight is 649 g/mol. The molecule has 4 N–H and O–H groups in total. The fourth-order valence-electron chi connectivity index (χ4n) is 7.32. The van der Waals surface area contributed by atoms with Crippen molar-refractivity contribution in [3.05, 3.63) is 65.2 Å². The highest BCUT2D eigenvalue weighted by atomic mass is 32.2. The zero-order valence-electron chi connectivity index (χ0n) is 25.5. The van der Waals surface area contributed by atoms with Gasteiger partial charge in [-0.25, -0.2) is 22.0 Å². The van der Waals surface area contributed by atoms with E-state index < -0.39 is 45.6 Å². The molecule has 13 heteroatoms. The van der Waals surface area contributed by atoms with Crippen LogP contribution < -0.4 is 16.0 Å². The highest BCUT2D eigenvalue weighted by Gasteiger charge is 2.41. The minimum atomic E-state index is -3.43. The molecule has 3 aliphatic heterocycles. The Morgan fingerprint density at radius 3 is 2.51 bits per heavy atom. The van der Waals surface area contributed by atoms with Gasteiger partial charge >= 0.3 is 6.09 Å². The van der Waals surface area contributed by atoms with E-state index in [4.69, 9.17) is 4.74 Å². The molecule has 246 valence electrons. The molecule has 0 saturated carbocycles. The van der Waals surface area contributed by atoms with Crippen LogP contribution in [0.5, 0.6) is 0 Å². The van der Waals surface area contributed by atoms with Gasteiger partial charge in [-0.15, -0.1) is 0 Å². The zero-order chi connectivity index (χ0) is 32.3. The second-order valence-corrected chi connectivity index (χ2v) is 14.6. The summed E-state index contributed by atoms with van der Waals surface area (Å²) in [7, 11) is -3.43. The number of nitrogens with one attached hydrogen (secondary N) is 3. The molecule has 3 heterocycles. The van der Waals surface area contributed by atoms with Crippen LogP contribution in [0, 0.1) is 17.6 Å². The first-order valence-corrected chi connectivity index (χ1v) is 17.2. The number of halogens is 2. The van der Waals surface area contributed by atoms with Crippen molar-refractivity contribution in [1.82, 2.24) is 14.9 Å². The number of benzene rings is 2. The first-order valence-electron chi connectivity index (χ1n) is 15.6. The fourth-order valence-corrected chi connectivity index (χ4v) is 9.13. The van der Waals surface area contributed by atoms with Crippen molar-refractivity contribution in [2.75, 3.05) is 24.2 Å². The third kappa shape index (κ3) is 8.00. The molecule has 0 aliphatic carbocycles. The normalized spacial score (nSPS) is 29.2. The molecular formula is C32H42F2N4O6S. The third-order valence-electron chi connectivity index (χ3n) is 9.28. The molecule has 3 unspecified atom stereocenters. The van der Waals surface area contributed by atoms with E-state index >= 15 is 4.39 Å². The Balaban J connectivity index is 1.41. The summed E-state index contributed by atoms with van der Waals surface area (Å²) >= 11 is 0. The van der Waals surface area contributed by atoms with Gasteiger partial charge in [-0.2, -0.15) is 4.31 Å². The van der Waals surface area contributed by atoms with E-state index in [1.165, 1.54) is 28.6 Å². The van der Waals surface area contributed by atoms with E-state index in [2.05, 4.69) is 16.0 Å². The number of nitrogens with zero attached hydrogens (tertiary/aromatic N) is 1. The van der Waals surface area contributed by atoms with Gasteiger partial charge in [0, 0.05) is 42.3 Å². The van der Waals surface area contributed by atoms with Crippen LogP contribution in [-0.4, -0.2) is 79.0 Å². The topological polar surface area (TPSA) is 137 Å². The molecule has 3 fully saturated rings. The molecule has 10 nitrogen and oxygen atoms in total. The molecule has 0 radical (unpaired) electrons. The highest BCUT2D eigenvalue weighted by molar-refractivity contribution is 7.89. The molecule has 2 amide bonds. The Bertz CT molecular complexity index is 1470. The van der Waals surface area contributed by atoms with Gasteiger partial charge in [0.25, 0.3) is 0 Å². The van der Waals surface area contributed by atoms with Gasteiger partial charge in [-0.1, -0.05) is 18.2 Å². The van der Waals surface area contributed by atoms with E-state index in [1.54, 1.807) is 18.2 Å². The van der Waals surface area contributed by atoms with Crippen molar-refractivity contribution in [3.63, 3.8) is 0 Å². The van der Waals surface area contributed by atoms with Gasteiger partial charge in [-0.3, -0.25) is 4.79 Å². The number of carbonyl (C=O) groups excluding carboxylic acids is 1. The fraction of sp³-hybridized carbons (Fsp3) is 0.562. The molecule has 5 rings (SSSR count). The Labute approximate surface area is 263 Å². The van der Waals surface area contributed by atoms with Crippen molar-refractivity contribution in [2.24, 2.45) is 5.92 Å². The summed E-state index contributed by atoms with van der Waals surface area (Å²) in [5.74, 6) is -2.45. The van der Waals surface area contributed by atoms with Gasteiger partial charge in [0.2, 0.25) is 15.9 Å². The summed E-state index contributed by atoms with van der Waals surface area (Å²) in [4.78, 5) is 26.0. The quantitative estimate of drug-likeness (QED) is 0.320. The molecule has 45 heavy (non-hydrogen) atoms. The third-order valence-corrected chi connectivity index (χ3v) is 11.2. The Kier molecular flexibility index (Phi) is 10.4. The molecule has 2 bridgehead atoms. The van der Waals surface area contributed by atoms with E-state index in [-0.39, 0.29) is 53.6 Å². The number of piperazine rings is 1. The first kappa shape index (κ1) is 33.2. The van der Waals surface area contributed by atoms with Crippen LogP contribution in [0.25, 0.3) is 0 Å². The second-order valence-electron chi connectivity index (χ2n) is 12.6. The summed E-state index contributed by atoms with van der Waals surface area (Å²) in [5.41, 5.74) is 0.989. The number of carbonyl (C=O) groups is 2. The number of amides is 2. The van der Waals surface area contributed by atoms with E-state index in [1.807, 2.05) is 13.8 Å². The van der Waals surface area contributed by atoms with Crippen LogP contribution >= 0.6 is 0 Å². The highest BCUT2D eigenvalue weighted by Crippen LogP contribution is 2.39. The number of fused-ring (bicyclic) bond motifs is 2. The number of carboxylic acid groups (broad SMARTS) is 1. The largest absolute Gasteiger partial charge is 0.465 e. The summed E-state index contributed by atoms with van der Waals surface area (Å²) in [5, 5.41) is 18.4. The monoisotopic (exact) mass is 648 g/mol. The van der Waals surface area contributed by atoms with E-state index in [9.17, 15) is 27.5 Å². The number of sulfonamides is 1. The summed E-state index contributed by atoms with van der Waals surface area (Å²) < 4.78 is 62.5. The number of rotatable bonds is 9. The maximum atomic E-state index is 15.3. The first-order chi connectivity index (χ1) is 21.4. The molecule has 3 aliphatic rings. The van der Waals surface area contributed by atoms with Crippen LogP contribution in [-0.2, 0) is 26.0 Å². The number of hydrogen-bond donors (Lipinski definition) is 4. The van der Waals surface area contributed by atoms with Gasteiger partial charge in [0.15, 0.2) is 0 Å². The molecule has 2 aromatic carbocycles. The van der Waals surface area contributed by atoms with Gasteiger partial charge in [0.1, 0.15) is 17.7 Å². The van der Waals surface area contributed by atoms with Gasteiger partial charge in [0.05, 0.1) is 18.0 Å². The minimum Gasteiger partial charge on any atom is -0.465 e. The van der Waals surface area contributed by atoms with E-state index in [0.29, 0.717) is 44.3 Å². The summed E-state index contributed by atoms with van der Waals surface area (Å²) in [6, 6.07) is 8.41. The van der Waals surface area contributed by atoms with Crippen LogP contribution in [0.1, 0.15) is 63.0 Å². The maximum absolute atomic E-state index is 15.3. The molecular weight excluding hydrogens is 606 g/mol.